The molecular formula is C10H13N5O. The van der Waals surface area contributed by atoms with E-state index in [1.807, 2.05) is 6.07 Å². The molecule has 0 unspecified atom stereocenters. The van der Waals surface area contributed by atoms with Crippen molar-refractivity contribution in [1.82, 2.24) is 4.98 Å². The lowest BCUT2D eigenvalue weighted by atomic mass is 10.2. The van der Waals surface area contributed by atoms with Gasteiger partial charge in [-0.1, -0.05) is 0 Å². The van der Waals surface area contributed by atoms with Crippen molar-refractivity contribution in [3.8, 4) is 6.07 Å². The van der Waals surface area contributed by atoms with Crippen LogP contribution in [0.15, 0.2) is 12.3 Å². The first-order valence-corrected chi connectivity index (χ1v) is 4.69. The van der Waals surface area contributed by atoms with Gasteiger partial charge in [0.25, 0.3) is 5.91 Å². The number of pyridine rings is 1. The normalized spacial score (nSPS) is 9.50. The van der Waals surface area contributed by atoms with Gasteiger partial charge in [0.15, 0.2) is 0 Å². The predicted octanol–water partition coefficient (Wildman–Crippen LogP) is 0.113. The zero-order valence-corrected chi connectivity index (χ0v) is 8.97. The van der Waals surface area contributed by atoms with Crippen LogP contribution in [0, 0.1) is 11.3 Å². The molecule has 16 heavy (non-hydrogen) atoms. The number of rotatable bonds is 4. The Bertz CT molecular complexity index is 437. The van der Waals surface area contributed by atoms with Crippen LogP contribution in [0.25, 0.3) is 0 Å². The Kier molecular flexibility index (Phi) is 3.67. The Labute approximate surface area is 93.5 Å². The van der Waals surface area contributed by atoms with Crippen molar-refractivity contribution in [2.45, 2.75) is 6.42 Å². The lowest BCUT2D eigenvalue weighted by Crippen LogP contribution is -2.21. The third-order valence-electron chi connectivity index (χ3n) is 2.14. The second-order valence-corrected chi connectivity index (χ2v) is 3.32. The van der Waals surface area contributed by atoms with Gasteiger partial charge in [0.2, 0.25) is 0 Å². The molecule has 0 bridgehead atoms. The second kappa shape index (κ2) is 4.98. The molecule has 1 aromatic heterocycles. The van der Waals surface area contributed by atoms with Crippen LogP contribution in [0.1, 0.15) is 16.8 Å². The molecule has 6 nitrogen and oxygen atoms in total. The summed E-state index contributed by atoms with van der Waals surface area (Å²) < 4.78 is 0. The minimum Gasteiger partial charge on any atom is -0.397 e. The maximum atomic E-state index is 11.1. The van der Waals surface area contributed by atoms with Gasteiger partial charge in [-0.2, -0.15) is 5.26 Å². The highest BCUT2D eigenvalue weighted by molar-refractivity contribution is 5.98. The third-order valence-corrected chi connectivity index (χ3v) is 2.14. The van der Waals surface area contributed by atoms with Crippen LogP contribution < -0.4 is 16.4 Å². The first kappa shape index (κ1) is 11.8. The monoisotopic (exact) mass is 219 g/mol. The van der Waals surface area contributed by atoms with E-state index in [1.165, 1.54) is 12.3 Å². The zero-order valence-electron chi connectivity index (χ0n) is 8.97. The summed E-state index contributed by atoms with van der Waals surface area (Å²) in [7, 11) is 1.78. The highest BCUT2D eigenvalue weighted by atomic mass is 16.1. The number of carbonyl (C=O) groups excluding carboxylic acids is 1. The average molecular weight is 219 g/mol. The second-order valence-electron chi connectivity index (χ2n) is 3.32. The molecule has 4 N–H and O–H groups in total. The molecule has 0 atom stereocenters. The minimum absolute atomic E-state index is 0.244. The fourth-order valence-corrected chi connectivity index (χ4v) is 1.21. The minimum atomic E-state index is -0.588. The molecule has 0 fully saturated rings. The molecule has 0 saturated heterocycles. The van der Waals surface area contributed by atoms with E-state index in [0.29, 0.717) is 18.8 Å². The lowest BCUT2D eigenvalue weighted by Gasteiger charge is -2.17. The topological polar surface area (TPSA) is 109 Å². The quantitative estimate of drug-likeness (QED) is 0.747. The van der Waals surface area contributed by atoms with E-state index in [1.54, 1.807) is 11.9 Å². The lowest BCUT2D eigenvalue weighted by molar-refractivity contribution is 0.100. The summed E-state index contributed by atoms with van der Waals surface area (Å²) in [5.41, 5.74) is 11.2. The van der Waals surface area contributed by atoms with Crippen LogP contribution in [0.2, 0.25) is 0 Å². The third kappa shape index (κ3) is 2.60. The van der Waals surface area contributed by atoms with Crippen molar-refractivity contribution < 1.29 is 4.79 Å². The van der Waals surface area contributed by atoms with Crippen molar-refractivity contribution in [2.24, 2.45) is 5.73 Å². The summed E-state index contributed by atoms with van der Waals surface area (Å²) in [4.78, 5) is 16.9. The molecule has 0 aliphatic heterocycles. The average Bonchev–Trinajstić information content (AvgIpc) is 2.26. The number of primary amides is 1. The SMILES string of the molecule is CN(CCC#N)c1cc(C(N)=O)c(N)cn1. The Morgan fingerprint density at radius 3 is 2.94 bits per heavy atom. The molecule has 6 heteroatoms. The first-order valence-electron chi connectivity index (χ1n) is 4.69. The van der Waals surface area contributed by atoms with Crippen molar-refractivity contribution in [2.75, 3.05) is 24.2 Å². The zero-order chi connectivity index (χ0) is 12.1. The van der Waals surface area contributed by atoms with E-state index in [2.05, 4.69) is 4.98 Å². The summed E-state index contributed by atoms with van der Waals surface area (Å²) in [6.45, 7) is 0.533. The van der Waals surface area contributed by atoms with Crippen molar-refractivity contribution in [3.05, 3.63) is 17.8 Å². The number of hydrogen-bond acceptors (Lipinski definition) is 5. The molecule has 0 aliphatic carbocycles. The number of carbonyl (C=O) groups is 1. The molecule has 0 aromatic carbocycles. The van der Waals surface area contributed by atoms with E-state index < -0.39 is 5.91 Å². The summed E-state index contributed by atoms with van der Waals surface area (Å²) in [5.74, 6) is -0.0203. The van der Waals surface area contributed by atoms with Crippen LogP contribution in [-0.2, 0) is 0 Å². The summed E-state index contributed by atoms with van der Waals surface area (Å²) >= 11 is 0. The predicted molar refractivity (Wildman–Crippen MR) is 60.7 cm³/mol. The van der Waals surface area contributed by atoms with Crippen LogP contribution in [0.5, 0.6) is 0 Å². The number of hydrogen-bond donors (Lipinski definition) is 2. The van der Waals surface area contributed by atoms with Gasteiger partial charge in [-0.15, -0.1) is 0 Å². The van der Waals surface area contributed by atoms with Gasteiger partial charge >= 0.3 is 0 Å². The van der Waals surface area contributed by atoms with E-state index in [-0.39, 0.29) is 11.3 Å². The number of anilines is 2. The van der Waals surface area contributed by atoms with Crippen LogP contribution in [0.4, 0.5) is 11.5 Å². The van der Waals surface area contributed by atoms with Gasteiger partial charge in [-0.3, -0.25) is 4.79 Å². The Hall–Kier alpha value is -2.29. The van der Waals surface area contributed by atoms with Gasteiger partial charge in [0, 0.05) is 13.6 Å². The molecule has 1 rings (SSSR count). The number of nitriles is 1. The Morgan fingerprint density at radius 1 is 1.69 bits per heavy atom. The van der Waals surface area contributed by atoms with E-state index in [9.17, 15) is 4.79 Å². The highest BCUT2D eigenvalue weighted by Crippen LogP contribution is 2.16. The number of aromatic nitrogens is 1. The van der Waals surface area contributed by atoms with E-state index in [0.717, 1.165) is 0 Å². The molecule has 1 heterocycles. The fraction of sp³-hybridized carbons (Fsp3) is 0.300. The largest absolute Gasteiger partial charge is 0.397 e. The van der Waals surface area contributed by atoms with Crippen molar-refractivity contribution >= 4 is 17.4 Å². The molecule has 0 saturated carbocycles. The number of nitrogens with two attached hydrogens (primary N) is 2. The fourth-order valence-electron chi connectivity index (χ4n) is 1.21. The van der Waals surface area contributed by atoms with Crippen LogP contribution >= 0.6 is 0 Å². The molecular weight excluding hydrogens is 206 g/mol. The number of nitrogens with zero attached hydrogens (tertiary/aromatic N) is 3. The van der Waals surface area contributed by atoms with Gasteiger partial charge in [-0.25, -0.2) is 4.98 Å². The molecule has 1 amide bonds. The Morgan fingerprint density at radius 2 is 2.38 bits per heavy atom. The van der Waals surface area contributed by atoms with Gasteiger partial charge < -0.3 is 16.4 Å². The molecule has 0 radical (unpaired) electrons. The molecule has 0 aliphatic rings. The standard InChI is InChI=1S/C10H13N5O/c1-15(4-2-3-11)9-5-7(10(13)16)8(12)6-14-9/h5-6H,2,4,12H2,1H3,(H2,13,16). The summed E-state index contributed by atoms with van der Waals surface area (Å²) in [6, 6.07) is 3.55. The molecule has 0 spiro atoms. The van der Waals surface area contributed by atoms with Crippen molar-refractivity contribution in [1.29, 1.82) is 5.26 Å². The highest BCUT2D eigenvalue weighted by Gasteiger charge is 2.10. The molecule has 1 aromatic rings. The summed E-state index contributed by atoms with van der Waals surface area (Å²) in [6.07, 6.45) is 1.77. The van der Waals surface area contributed by atoms with Crippen LogP contribution in [0.3, 0.4) is 0 Å². The Balaban J connectivity index is 2.94. The van der Waals surface area contributed by atoms with Gasteiger partial charge in [0.05, 0.1) is 29.9 Å². The van der Waals surface area contributed by atoms with Gasteiger partial charge in [-0.05, 0) is 6.07 Å². The first-order chi connectivity index (χ1) is 7.56. The number of amides is 1. The number of nitrogen functional groups attached to an aromatic ring is 1. The van der Waals surface area contributed by atoms with E-state index in [4.69, 9.17) is 16.7 Å². The van der Waals surface area contributed by atoms with E-state index >= 15 is 0 Å². The summed E-state index contributed by atoms with van der Waals surface area (Å²) in [5, 5.41) is 8.46. The smallest absolute Gasteiger partial charge is 0.250 e. The van der Waals surface area contributed by atoms with Gasteiger partial charge in [0.1, 0.15) is 5.82 Å². The van der Waals surface area contributed by atoms with Crippen molar-refractivity contribution in [3.63, 3.8) is 0 Å². The molecule has 84 valence electrons. The maximum Gasteiger partial charge on any atom is 0.250 e. The maximum absolute atomic E-state index is 11.1. The van der Waals surface area contributed by atoms with Crippen LogP contribution in [-0.4, -0.2) is 24.5 Å².